The molecule has 4 aromatic rings. The van der Waals surface area contributed by atoms with Crippen molar-refractivity contribution in [3.63, 3.8) is 0 Å². The van der Waals surface area contributed by atoms with Crippen molar-refractivity contribution in [2.24, 2.45) is 0 Å². The zero-order valence-electron chi connectivity index (χ0n) is 18.5. The first-order valence-electron chi connectivity index (χ1n) is 11.3. The predicted molar refractivity (Wildman–Crippen MR) is 126 cm³/mol. The summed E-state index contributed by atoms with van der Waals surface area (Å²) in [7, 11) is 0. The second-order valence-electron chi connectivity index (χ2n) is 8.41. The topological polar surface area (TPSA) is 9.23 Å². The van der Waals surface area contributed by atoms with Crippen LogP contribution in [0.25, 0.3) is 32.7 Å². The Morgan fingerprint density at radius 2 is 1.42 bits per heavy atom. The first kappa shape index (κ1) is 23.1. The van der Waals surface area contributed by atoms with Gasteiger partial charge >= 0.3 is 6.36 Å². The largest absolute Gasteiger partial charge is 0.573 e. The van der Waals surface area contributed by atoms with E-state index in [1.54, 1.807) is 6.07 Å². The smallest absolute Gasteiger partial charge is 0.406 e. The van der Waals surface area contributed by atoms with Crippen LogP contribution in [0, 0.1) is 5.82 Å². The molecule has 4 aromatic carbocycles. The lowest BCUT2D eigenvalue weighted by molar-refractivity contribution is -0.274. The molecule has 0 aliphatic rings. The molecular formula is C28H26F4O. The van der Waals surface area contributed by atoms with E-state index in [1.807, 2.05) is 12.1 Å². The number of hydrogen-bond donors (Lipinski definition) is 0. The second-order valence-corrected chi connectivity index (χ2v) is 8.41. The van der Waals surface area contributed by atoms with E-state index in [0.29, 0.717) is 11.1 Å². The zero-order valence-corrected chi connectivity index (χ0v) is 18.5. The summed E-state index contributed by atoms with van der Waals surface area (Å²) in [6, 6.07) is 18.9. The lowest BCUT2D eigenvalue weighted by Crippen LogP contribution is -2.16. The number of ether oxygens (including phenoxy) is 1. The van der Waals surface area contributed by atoms with Crippen molar-refractivity contribution < 1.29 is 22.3 Å². The molecule has 5 heteroatoms. The molecule has 0 heterocycles. The van der Waals surface area contributed by atoms with Gasteiger partial charge in [0.25, 0.3) is 0 Å². The van der Waals surface area contributed by atoms with Crippen LogP contribution in [-0.2, 0) is 6.42 Å². The van der Waals surface area contributed by atoms with Gasteiger partial charge in [-0.15, -0.1) is 13.2 Å². The van der Waals surface area contributed by atoms with Gasteiger partial charge in [0.2, 0.25) is 0 Å². The number of rotatable bonds is 8. The molecule has 0 unspecified atom stereocenters. The highest BCUT2D eigenvalue weighted by atomic mass is 19.4. The molecule has 4 rings (SSSR count). The van der Waals surface area contributed by atoms with Crippen LogP contribution >= 0.6 is 0 Å². The van der Waals surface area contributed by atoms with Gasteiger partial charge in [-0.1, -0.05) is 75.1 Å². The fourth-order valence-electron chi connectivity index (χ4n) is 4.28. The van der Waals surface area contributed by atoms with Crippen molar-refractivity contribution in [2.75, 3.05) is 0 Å². The Bertz CT molecular complexity index is 1240. The second kappa shape index (κ2) is 9.82. The molecule has 0 radical (unpaired) electrons. The number of alkyl halides is 3. The van der Waals surface area contributed by atoms with Gasteiger partial charge in [-0.05, 0) is 69.8 Å². The van der Waals surface area contributed by atoms with Crippen LogP contribution in [0.15, 0.2) is 66.7 Å². The third-order valence-corrected chi connectivity index (χ3v) is 5.96. The van der Waals surface area contributed by atoms with Gasteiger partial charge in [-0.3, -0.25) is 0 Å². The first-order chi connectivity index (χ1) is 15.8. The average molecular weight is 455 g/mol. The Labute approximate surface area is 191 Å². The number of hydrogen-bond acceptors (Lipinski definition) is 1. The fraction of sp³-hybridized carbons (Fsp3) is 0.286. The van der Waals surface area contributed by atoms with Gasteiger partial charge in [-0.2, -0.15) is 0 Å². The maximum Gasteiger partial charge on any atom is 0.573 e. The summed E-state index contributed by atoms with van der Waals surface area (Å²) >= 11 is 0. The summed E-state index contributed by atoms with van der Waals surface area (Å²) in [5.74, 6) is -0.751. The fourth-order valence-corrected chi connectivity index (χ4v) is 4.28. The summed E-state index contributed by atoms with van der Waals surface area (Å²) in [5, 5.41) is 3.76. The van der Waals surface area contributed by atoms with Crippen LogP contribution in [0.5, 0.6) is 5.75 Å². The van der Waals surface area contributed by atoms with Crippen molar-refractivity contribution in [3.05, 3.63) is 78.1 Å². The maximum absolute atomic E-state index is 15.0. The van der Waals surface area contributed by atoms with Gasteiger partial charge in [0, 0.05) is 5.56 Å². The Kier molecular flexibility index (Phi) is 6.87. The number of unbranched alkanes of at least 4 members (excludes halogenated alkanes) is 4. The zero-order chi connectivity index (χ0) is 23.4. The third kappa shape index (κ3) is 5.65. The van der Waals surface area contributed by atoms with Crippen LogP contribution < -0.4 is 4.74 Å². The molecule has 0 bridgehead atoms. The van der Waals surface area contributed by atoms with Crippen LogP contribution in [-0.4, -0.2) is 6.36 Å². The maximum atomic E-state index is 15.0. The van der Waals surface area contributed by atoms with Gasteiger partial charge in [0.1, 0.15) is 11.6 Å². The molecule has 1 nitrogen and oxygen atoms in total. The Balaban J connectivity index is 1.59. The molecule has 0 spiro atoms. The van der Waals surface area contributed by atoms with Crippen LogP contribution in [0.1, 0.15) is 44.6 Å². The van der Waals surface area contributed by atoms with E-state index >= 15 is 4.39 Å². The van der Waals surface area contributed by atoms with Crippen LogP contribution in [0.2, 0.25) is 0 Å². The van der Waals surface area contributed by atoms with Crippen molar-refractivity contribution in [1.82, 2.24) is 0 Å². The van der Waals surface area contributed by atoms with Gasteiger partial charge in [0.15, 0.2) is 0 Å². The monoisotopic (exact) mass is 454 g/mol. The van der Waals surface area contributed by atoms with Crippen molar-refractivity contribution in [2.45, 2.75) is 51.8 Å². The Hall–Kier alpha value is -3.08. The molecule has 0 N–H and O–H groups in total. The molecule has 0 fully saturated rings. The number of fused-ring (bicyclic) bond motifs is 3. The van der Waals surface area contributed by atoms with Crippen molar-refractivity contribution in [3.8, 4) is 16.9 Å². The highest BCUT2D eigenvalue weighted by Crippen LogP contribution is 2.34. The average Bonchev–Trinajstić information content (AvgIpc) is 2.78. The highest BCUT2D eigenvalue weighted by molar-refractivity contribution is 6.08. The molecule has 0 aromatic heterocycles. The standard InChI is InChI=1S/C28H26F4O/c1-2-3-4-5-6-7-19-8-15-24-21(16-19)9-10-22-17-26(27(29)18-25(22)24)20-11-13-23(14-12-20)33-28(30,31)32/h8-18H,2-7H2,1H3. The van der Waals surface area contributed by atoms with Crippen molar-refractivity contribution >= 4 is 21.5 Å². The molecule has 0 atom stereocenters. The van der Waals surface area contributed by atoms with Crippen LogP contribution in [0.4, 0.5) is 17.6 Å². The Morgan fingerprint density at radius 3 is 2.12 bits per heavy atom. The molecule has 33 heavy (non-hydrogen) atoms. The number of aryl methyl sites for hydroxylation is 1. The quantitative estimate of drug-likeness (QED) is 0.146. The summed E-state index contributed by atoms with van der Waals surface area (Å²) in [6.45, 7) is 2.21. The Morgan fingerprint density at radius 1 is 0.727 bits per heavy atom. The van der Waals surface area contributed by atoms with E-state index in [4.69, 9.17) is 0 Å². The minimum atomic E-state index is -4.76. The molecular weight excluding hydrogens is 428 g/mol. The van der Waals surface area contributed by atoms with Gasteiger partial charge in [-0.25, -0.2) is 4.39 Å². The van der Waals surface area contributed by atoms with Crippen molar-refractivity contribution in [1.29, 1.82) is 0 Å². The predicted octanol–water partition coefficient (Wildman–Crippen LogP) is 9.21. The van der Waals surface area contributed by atoms with E-state index < -0.39 is 12.2 Å². The molecule has 0 aliphatic heterocycles. The lowest BCUT2D eigenvalue weighted by Gasteiger charge is -2.12. The molecule has 0 aliphatic carbocycles. The summed E-state index contributed by atoms with van der Waals surface area (Å²) in [6.07, 6.45) is 2.48. The number of benzene rings is 4. The first-order valence-corrected chi connectivity index (χ1v) is 11.3. The molecule has 0 amide bonds. The van der Waals surface area contributed by atoms with E-state index in [-0.39, 0.29) is 5.75 Å². The summed E-state index contributed by atoms with van der Waals surface area (Å²) in [4.78, 5) is 0. The third-order valence-electron chi connectivity index (χ3n) is 5.96. The van der Waals surface area contributed by atoms with E-state index in [0.717, 1.165) is 28.0 Å². The number of halogens is 4. The minimum Gasteiger partial charge on any atom is -0.406 e. The van der Waals surface area contributed by atoms with E-state index in [9.17, 15) is 13.2 Å². The minimum absolute atomic E-state index is 0.334. The SMILES string of the molecule is CCCCCCCc1ccc2c(ccc3cc(-c4ccc(OC(F)(F)F)cc4)c(F)cc32)c1. The molecule has 0 saturated heterocycles. The lowest BCUT2D eigenvalue weighted by atomic mass is 9.95. The molecule has 0 saturated carbocycles. The van der Waals surface area contributed by atoms with E-state index in [1.165, 1.54) is 68.0 Å². The summed E-state index contributed by atoms with van der Waals surface area (Å²) < 4.78 is 56.1. The highest BCUT2D eigenvalue weighted by Gasteiger charge is 2.31. The van der Waals surface area contributed by atoms with Gasteiger partial charge < -0.3 is 4.74 Å². The van der Waals surface area contributed by atoms with Crippen LogP contribution in [0.3, 0.4) is 0 Å². The summed E-state index contributed by atoms with van der Waals surface area (Å²) in [5.41, 5.74) is 2.11. The molecule has 172 valence electrons. The van der Waals surface area contributed by atoms with E-state index in [2.05, 4.69) is 29.9 Å². The van der Waals surface area contributed by atoms with Gasteiger partial charge in [0.05, 0.1) is 0 Å². The normalized spacial score (nSPS) is 11.9.